The fraction of sp³-hybridized carbons (Fsp3) is 0.765. The first-order chi connectivity index (χ1) is 11.6. The van der Waals surface area contributed by atoms with Crippen LogP contribution in [0.4, 0.5) is 0 Å². The van der Waals surface area contributed by atoms with Gasteiger partial charge in [0.05, 0.1) is 5.92 Å². The van der Waals surface area contributed by atoms with Gasteiger partial charge in [0.15, 0.2) is 5.82 Å². The standard InChI is InChI=1S/C17H24N4O3/c1-11-18-16(19-24-11)13-3-2-6-20(9-13)17(23)14-7-15(22)21(10-14)8-12-4-5-12/h12-14H,2-10H2,1H3/t13-,14+/m0/s1. The molecule has 7 nitrogen and oxygen atoms in total. The minimum absolute atomic E-state index is 0.117. The van der Waals surface area contributed by atoms with E-state index in [4.69, 9.17) is 4.52 Å². The van der Waals surface area contributed by atoms with Crippen LogP contribution in [-0.2, 0) is 9.59 Å². The van der Waals surface area contributed by atoms with E-state index in [1.165, 1.54) is 12.8 Å². The van der Waals surface area contributed by atoms with Gasteiger partial charge in [0.25, 0.3) is 0 Å². The van der Waals surface area contributed by atoms with Crippen molar-refractivity contribution in [2.24, 2.45) is 11.8 Å². The number of hydrogen-bond donors (Lipinski definition) is 0. The van der Waals surface area contributed by atoms with Gasteiger partial charge in [-0.2, -0.15) is 4.98 Å². The minimum atomic E-state index is -0.179. The van der Waals surface area contributed by atoms with Crippen LogP contribution in [-0.4, -0.2) is 57.9 Å². The van der Waals surface area contributed by atoms with E-state index in [-0.39, 0.29) is 23.7 Å². The lowest BCUT2D eigenvalue weighted by atomic mass is 9.95. The molecule has 1 aromatic rings. The zero-order valence-corrected chi connectivity index (χ0v) is 14.1. The van der Waals surface area contributed by atoms with E-state index in [1.54, 1.807) is 6.92 Å². The predicted octanol–water partition coefficient (Wildman–Crippen LogP) is 1.34. The lowest BCUT2D eigenvalue weighted by Crippen LogP contribution is -2.43. The Bertz CT molecular complexity index is 640. The van der Waals surface area contributed by atoms with E-state index < -0.39 is 0 Å². The van der Waals surface area contributed by atoms with Crippen LogP contribution < -0.4 is 0 Å². The van der Waals surface area contributed by atoms with E-state index in [2.05, 4.69) is 10.1 Å². The molecule has 0 N–H and O–H groups in total. The number of likely N-dealkylation sites (tertiary alicyclic amines) is 2. The molecule has 2 atom stereocenters. The minimum Gasteiger partial charge on any atom is -0.342 e. The third kappa shape index (κ3) is 3.16. The molecule has 0 radical (unpaired) electrons. The highest BCUT2D eigenvalue weighted by atomic mass is 16.5. The topological polar surface area (TPSA) is 79.5 Å². The maximum Gasteiger partial charge on any atom is 0.228 e. The molecule has 0 unspecified atom stereocenters. The number of carbonyl (C=O) groups is 2. The van der Waals surface area contributed by atoms with Crippen LogP contribution in [0.15, 0.2) is 4.52 Å². The first-order valence-corrected chi connectivity index (χ1v) is 8.97. The Hall–Kier alpha value is -1.92. The lowest BCUT2D eigenvalue weighted by molar-refractivity contribution is -0.137. The molecule has 1 aliphatic carbocycles. The second-order valence-corrected chi connectivity index (χ2v) is 7.44. The van der Waals surface area contributed by atoms with Gasteiger partial charge in [0, 0.05) is 45.4 Å². The average Bonchev–Trinajstić information content (AvgIpc) is 3.18. The summed E-state index contributed by atoms with van der Waals surface area (Å²) in [5.41, 5.74) is 0. The molecule has 130 valence electrons. The molecule has 1 saturated carbocycles. The molecular weight excluding hydrogens is 308 g/mol. The van der Waals surface area contributed by atoms with Crippen molar-refractivity contribution in [3.63, 3.8) is 0 Å². The first kappa shape index (κ1) is 15.6. The predicted molar refractivity (Wildman–Crippen MR) is 85.0 cm³/mol. The Morgan fingerprint density at radius 2 is 2.12 bits per heavy atom. The smallest absolute Gasteiger partial charge is 0.228 e. The molecule has 0 spiro atoms. The Balaban J connectivity index is 1.38. The van der Waals surface area contributed by atoms with E-state index in [9.17, 15) is 9.59 Å². The number of amides is 2. The molecule has 4 rings (SSSR count). The zero-order chi connectivity index (χ0) is 16.7. The van der Waals surface area contributed by atoms with Crippen LogP contribution >= 0.6 is 0 Å². The van der Waals surface area contributed by atoms with E-state index >= 15 is 0 Å². The van der Waals surface area contributed by atoms with Gasteiger partial charge in [-0.1, -0.05) is 5.16 Å². The van der Waals surface area contributed by atoms with Crippen LogP contribution in [0.1, 0.15) is 49.7 Å². The summed E-state index contributed by atoms with van der Waals surface area (Å²) in [6, 6.07) is 0. The van der Waals surface area contributed by atoms with Gasteiger partial charge in [-0.3, -0.25) is 9.59 Å². The van der Waals surface area contributed by atoms with Gasteiger partial charge in [0.1, 0.15) is 0 Å². The quantitative estimate of drug-likeness (QED) is 0.831. The van der Waals surface area contributed by atoms with Crippen LogP contribution in [0.2, 0.25) is 0 Å². The van der Waals surface area contributed by atoms with Gasteiger partial charge in [-0.15, -0.1) is 0 Å². The molecule has 3 heterocycles. The van der Waals surface area contributed by atoms with Crippen molar-refractivity contribution in [2.45, 2.75) is 44.9 Å². The highest BCUT2D eigenvalue weighted by Gasteiger charge is 2.40. The molecule has 3 fully saturated rings. The molecule has 7 heteroatoms. The second kappa shape index (κ2) is 6.18. The molecule has 1 aromatic heterocycles. The monoisotopic (exact) mass is 332 g/mol. The Morgan fingerprint density at radius 3 is 2.83 bits per heavy atom. The summed E-state index contributed by atoms with van der Waals surface area (Å²) in [7, 11) is 0. The van der Waals surface area contributed by atoms with Crippen LogP contribution in [0.3, 0.4) is 0 Å². The van der Waals surface area contributed by atoms with E-state index in [1.807, 2.05) is 9.80 Å². The van der Waals surface area contributed by atoms with Crippen LogP contribution in [0.5, 0.6) is 0 Å². The Kier molecular flexibility index (Phi) is 4.02. The number of piperidine rings is 1. The molecule has 0 aromatic carbocycles. The summed E-state index contributed by atoms with van der Waals surface area (Å²) >= 11 is 0. The summed E-state index contributed by atoms with van der Waals surface area (Å²) < 4.78 is 5.07. The van der Waals surface area contributed by atoms with E-state index in [0.717, 1.165) is 25.9 Å². The zero-order valence-electron chi connectivity index (χ0n) is 14.1. The SMILES string of the molecule is Cc1nc([C@H]2CCCN(C(=O)[C@@H]3CC(=O)N(CC4CC4)C3)C2)no1. The van der Waals surface area contributed by atoms with Crippen molar-refractivity contribution in [3.8, 4) is 0 Å². The molecular formula is C17H24N4O3. The Morgan fingerprint density at radius 1 is 1.29 bits per heavy atom. The van der Waals surface area contributed by atoms with Crippen molar-refractivity contribution >= 4 is 11.8 Å². The maximum absolute atomic E-state index is 12.9. The Labute approximate surface area is 141 Å². The summed E-state index contributed by atoms with van der Waals surface area (Å²) in [6.07, 6.45) is 4.73. The highest BCUT2D eigenvalue weighted by molar-refractivity contribution is 5.89. The number of nitrogens with zero attached hydrogens (tertiary/aromatic N) is 4. The summed E-state index contributed by atoms with van der Waals surface area (Å²) in [5, 5.41) is 4.01. The van der Waals surface area contributed by atoms with Crippen LogP contribution in [0.25, 0.3) is 0 Å². The summed E-state index contributed by atoms with van der Waals surface area (Å²) in [6.45, 7) is 4.61. The van der Waals surface area contributed by atoms with Gasteiger partial charge in [0.2, 0.25) is 17.7 Å². The number of carbonyl (C=O) groups excluding carboxylic acids is 2. The molecule has 3 aliphatic rings. The highest BCUT2D eigenvalue weighted by Crippen LogP contribution is 2.33. The largest absolute Gasteiger partial charge is 0.342 e. The van der Waals surface area contributed by atoms with Crippen molar-refractivity contribution in [2.75, 3.05) is 26.2 Å². The maximum atomic E-state index is 12.9. The average molecular weight is 332 g/mol. The van der Waals surface area contributed by atoms with Gasteiger partial charge < -0.3 is 14.3 Å². The van der Waals surface area contributed by atoms with Crippen molar-refractivity contribution in [1.82, 2.24) is 19.9 Å². The normalized spacial score (nSPS) is 27.8. The van der Waals surface area contributed by atoms with Gasteiger partial charge in [-0.05, 0) is 31.6 Å². The van der Waals surface area contributed by atoms with Crippen molar-refractivity contribution in [3.05, 3.63) is 11.7 Å². The number of aromatic nitrogens is 2. The summed E-state index contributed by atoms with van der Waals surface area (Å²) in [5.74, 6) is 2.15. The van der Waals surface area contributed by atoms with Gasteiger partial charge >= 0.3 is 0 Å². The number of rotatable bonds is 4. The lowest BCUT2D eigenvalue weighted by Gasteiger charge is -2.33. The number of aryl methyl sites for hydroxylation is 1. The second-order valence-electron chi connectivity index (χ2n) is 7.44. The molecule has 2 aliphatic heterocycles. The first-order valence-electron chi connectivity index (χ1n) is 8.97. The van der Waals surface area contributed by atoms with Crippen molar-refractivity contribution < 1.29 is 14.1 Å². The fourth-order valence-electron chi connectivity index (χ4n) is 3.85. The van der Waals surface area contributed by atoms with Gasteiger partial charge in [-0.25, -0.2) is 0 Å². The fourth-order valence-corrected chi connectivity index (χ4v) is 3.85. The third-order valence-electron chi connectivity index (χ3n) is 5.38. The summed E-state index contributed by atoms with van der Waals surface area (Å²) in [4.78, 5) is 33.1. The van der Waals surface area contributed by atoms with Crippen LogP contribution in [0, 0.1) is 18.8 Å². The molecule has 24 heavy (non-hydrogen) atoms. The van der Waals surface area contributed by atoms with E-state index in [0.29, 0.717) is 37.1 Å². The third-order valence-corrected chi connectivity index (χ3v) is 5.38. The molecule has 2 amide bonds. The molecule has 2 saturated heterocycles. The number of hydrogen-bond acceptors (Lipinski definition) is 5. The van der Waals surface area contributed by atoms with Crippen molar-refractivity contribution in [1.29, 1.82) is 0 Å². The molecule has 0 bridgehead atoms.